The Balaban J connectivity index is 1.18. The van der Waals surface area contributed by atoms with Crippen molar-refractivity contribution in [3.05, 3.63) is 30.1 Å². The van der Waals surface area contributed by atoms with Gasteiger partial charge in [0.2, 0.25) is 5.91 Å². The third-order valence-electron chi connectivity index (χ3n) is 14.3. The Hall–Kier alpha value is -2.24. The van der Waals surface area contributed by atoms with Crippen LogP contribution < -0.4 is 5.32 Å². The summed E-state index contributed by atoms with van der Waals surface area (Å²) in [6.45, 7) is 14.0. The molecule has 5 unspecified atom stereocenters. The molecule has 0 saturated heterocycles. The third kappa shape index (κ3) is 5.05. The Morgan fingerprint density at radius 3 is 2.43 bits per heavy atom. The second-order valence-electron chi connectivity index (χ2n) is 17.3. The smallest absolute Gasteiger partial charge is 0.307 e. The molecule has 6 heteroatoms. The lowest BCUT2D eigenvalue weighted by molar-refractivity contribution is -0.221. The first kappa shape index (κ1) is 31.7. The molecule has 6 rings (SSSR count). The molecule has 5 aliphatic rings. The summed E-state index contributed by atoms with van der Waals surface area (Å²) in [5.74, 6) is 3.02. The molecule has 1 amide bonds. The van der Waals surface area contributed by atoms with Crippen LogP contribution >= 0.6 is 0 Å². The number of fused-ring (bicyclic) bond motifs is 7. The van der Waals surface area contributed by atoms with Crippen molar-refractivity contribution in [3.63, 3.8) is 0 Å². The molecule has 6 nitrogen and oxygen atoms in total. The molecule has 9 atom stereocenters. The van der Waals surface area contributed by atoms with Gasteiger partial charge in [0.25, 0.3) is 0 Å². The van der Waals surface area contributed by atoms with Gasteiger partial charge in [-0.05, 0) is 117 Å². The van der Waals surface area contributed by atoms with Crippen molar-refractivity contribution >= 4 is 18.2 Å². The number of rotatable bonds is 7. The zero-order chi connectivity index (χ0) is 31.5. The van der Waals surface area contributed by atoms with Gasteiger partial charge >= 0.3 is 5.97 Å². The number of nitrogens with one attached hydrogen (secondary N) is 1. The van der Waals surface area contributed by atoms with E-state index in [4.69, 9.17) is 4.74 Å². The van der Waals surface area contributed by atoms with E-state index in [1.165, 1.54) is 44.9 Å². The first-order valence-corrected chi connectivity index (χ1v) is 17.6. The molecule has 1 heterocycles. The highest BCUT2D eigenvalue weighted by Crippen LogP contribution is 2.73. The summed E-state index contributed by atoms with van der Waals surface area (Å²) in [5.41, 5.74) is 0.438. The highest BCUT2D eigenvalue weighted by Gasteiger charge is 2.67. The van der Waals surface area contributed by atoms with Crippen LogP contribution in [-0.4, -0.2) is 29.3 Å². The number of aromatic nitrogens is 1. The van der Waals surface area contributed by atoms with Gasteiger partial charge in [-0.3, -0.25) is 14.6 Å². The Labute approximate surface area is 265 Å². The number of hydrogen-bond acceptors (Lipinski definition) is 5. The van der Waals surface area contributed by atoms with E-state index >= 15 is 0 Å². The van der Waals surface area contributed by atoms with E-state index in [0.717, 1.165) is 37.7 Å². The van der Waals surface area contributed by atoms with Crippen molar-refractivity contribution < 1.29 is 19.1 Å². The standard InChI is InChI=1S/C38H56N2O4/c1-34(2,24-41)22-32(42)44-31-16-19-37(6)29(35(31,3)4)15-18-36(5)27-14-20-38(33(43)40-23-25-10-7-8-21-39-25)17-9-11-28(38)26(27)12-13-30(36)37/h7-8,10,21,24,26-31H,9,11-20,22-23H2,1-6H3,(H,40,43)/t26?,27?,28?,29?,30?,31-,36-,37-,38-/m0/s1. The highest BCUT2D eigenvalue weighted by molar-refractivity contribution is 5.83. The van der Waals surface area contributed by atoms with Crippen molar-refractivity contribution in [2.24, 2.45) is 56.7 Å². The normalized spacial score (nSPS) is 40.9. The minimum atomic E-state index is -0.688. The van der Waals surface area contributed by atoms with Crippen LogP contribution in [0.25, 0.3) is 0 Å². The lowest BCUT2D eigenvalue weighted by Gasteiger charge is -2.69. The molecule has 44 heavy (non-hydrogen) atoms. The molecule has 1 aromatic rings. The summed E-state index contributed by atoms with van der Waals surface area (Å²) in [6.07, 6.45) is 15.2. The molecule has 242 valence electrons. The van der Waals surface area contributed by atoms with E-state index in [9.17, 15) is 14.4 Å². The summed E-state index contributed by atoms with van der Waals surface area (Å²) in [7, 11) is 0. The van der Waals surface area contributed by atoms with Crippen molar-refractivity contribution in [2.45, 2.75) is 131 Å². The van der Waals surface area contributed by atoms with E-state index < -0.39 is 5.41 Å². The minimum Gasteiger partial charge on any atom is -0.462 e. The number of hydrogen-bond donors (Lipinski definition) is 1. The predicted molar refractivity (Wildman–Crippen MR) is 171 cm³/mol. The molecule has 0 aliphatic heterocycles. The maximum Gasteiger partial charge on any atom is 0.307 e. The second kappa shape index (κ2) is 11.2. The van der Waals surface area contributed by atoms with Gasteiger partial charge in [-0.1, -0.05) is 54.0 Å². The molecule has 0 bridgehead atoms. The average molecular weight is 605 g/mol. The van der Waals surface area contributed by atoms with Gasteiger partial charge in [-0.15, -0.1) is 0 Å². The third-order valence-corrected chi connectivity index (χ3v) is 14.3. The van der Waals surface area contributed by atoms with E-state index in [2.05, 4.69) is 38.0 Å². The van der Waals surface area contributed by atoms with Gasteiger partial charge in [0, 0.05) is 17.0 Å². The molecule has 5 aliphatic carbocycles. The fraction of sp³-hybridized carbons (Fsp3) is 0.789. The van der Waals surface area contributed by atoms with Gasteiger partial charge in [0.05, 0.1) is 24.1 Å². The van der Waals surface area contributed by atoms with Crippen LogP contribution in [0.5, 0.6) is 0 Å². The summed E-state index contributed by atoms with van der Waals surface area (Å²) in [5, 5.41) is 3.32. The lowest BCUT2D eigenvalue weighted by Crippen LogP contribution is -2.64. The van der Waals surface area contributed by atoms with E-state index in [1.54, 1.807) is 20.0 Å². The molecular formula is C38H56N2O4. The molecule has 5 fully saturated rings. The van der Waals surface area contributed by atoms with Crippen LogP contribution in [0.1, 0.15) is 124 Å². The summed E-state index contributed by atoms with van der Waals surface area (Å²) >= 11 is 0. The second-order valence-corrected chi connectivity index (χ2v) is 17.3. The van der Waals surface area contributed by atoms with Crippen LogP contribution in [0.2, 0.25) is 0 Å². The lowest BCUT2D eigenvalue weighted by atomic mass is 9.36. The van der Waals surface area contributed by atoms with Crippen LogP contribution in [-0.2, 0) is 25.7 Å². The van der Waals surface area contributed by atoms with Crippen molar-refractivity contribution in [1.82, 2.24) is 10.3 Å². The number of ether oxygens (including phenoxy) is 1. The van der Waals surface area contributed by atoms with E-state index in [0.29, 0.717) is 41.5 Å². The number of nitrogens with zero attached hydrogens (tertiary/aromatic N) is 1. The van der Waals surface area contributed by atoms with Crippen LogP contribution in [0, 0.1) is 56.7 Å². The number of carbonyl (C=O) groups is 3. The topological polar surface area (TPSA) is 85.4 Å². The van der Waals surface area contributed by atoms with Gasteiger partial charge in [0.15, 0.2) is 0 Å². The van der Waals surface area contributed by atoms with E-state index in [1.807, 2.05) is 18.2 Å². The van der Waals surface area contributed by atoms with Gasteiger partial charge in [-0.2, -0.15) is 0 Å². The van der Waals surface area contributed by atoms with Crippen molar-refractivity contribution in [2.75, 3.05) is 0 Å². The van der Waals surface area contributed by atoms with Crippen LogP contribution in [0.4, 0.5) is 0 Å². The summed E-state index contributed by atoms with van der Waals surface area (Å²) in [6, 6.07) is 5.90. The molecule has 1 aromatic heterocycles. The fourth-order valence-corrected chi connectivity index (χ4v) is 12.3. The van der Waals surface area contributed by atoms with Gasteiger partial charge in [0.1, 0.15) is 12.4 Å². The number of pyridine rings is 1. The molecular weight excluding hydrogens is 548 g/mol. The molecule has 0 radical (unpaired) electrons. The fourth-order valence-electron chi connectivity index (χ4n) is 12.3. The molecule has 1 N–H and O–H groups in total. The highest BCUT2D eigenvalue weighted by atomic mass is 16.5. The summed E-state index contributed by atoms with van der Waals surface area (Å²) in [4.78, 5) is 42.7. The Morgan fingerprint density at radius 2 is 1.70 bits per heavy atom. The largest absolute Gasteiger partial charge is 0.462 e. The Morgan fingerprint density at radius 1 is 0.932 bits per heavy atom. The molecule has 5 saturated carbocycles. The number of aldehydes is 1. The minimum absolute atomic E-state index is 0.102. The van der Waals surface area contributed by atoms with Gasteiger partial charge < -0.3 is 14.8 Å². The van der Waals surface area contributed by atoms with Crippen LogP contribution in [0.3, 0.4) is 0 Å². The molecule has 0 aromatic carbocycles. The van der Waals surface area contributed by atoms with Crippen LogP contribution in [0.15, 0.2) is 24.4 Å². The van der Waals surface area contributed by atoms with E-state index in [-0.39, 0.29) is 40.6 Å². The van der Waals surface area contributed by atoms with Gasteiger partial charge in [-0.25, -0.2) is 0 Å². The Kier molecular flexibility index (Phi) is 8.10. The monoisotopic (exact) mass is 604 g/mol. The maximum absolute atomic E-state index is 13.9. The zero-order valence-corrected chi connectivity index (χ0v) is 28.1. The summed E-state index contributed by atoms with van der Waals surface area (Å²) < 4.78 is 6.17. The van der Waals surface area contributed by atoms with Crippen molar-refractivity contribution in [1.29, 1.82) is 0 Å². The first-order valence-electron chi connectivity index (χ1n) is 17.6. The Bertz CT molecular complexity index is 1260. The SMILES string of the molecule is CC(C)(C=O)CC(=O)O[C@H]1CC[C@@]2(C)C(CC[C@@]3(C)C4CC[C@@]5(C(=O)NCc6ccccn6)CCCC5C4CCC32)C1(C)C. The number of carbonyl (C=O) groups excluding carboxylic acids is 3. The molecule has 0 spiro atoms. The average Bonchev–Trinajstić information content (AvgIpc) is 3.43. The zero-order valence-electron chi connectivity index (χ0n) is 28.1. The first-order chi connectivity index (χ1) is 20.8. The van der Waals surface area contributed by atoms with Crippen molar-refractivity contribution in [3.8, 4) is 0 Å². The number of amides is 1. The number of esters is 1. The maximum atomic E-state index is 13.9. The quantitative estimate of drug-likeness (QED) is 0.255. The predicted octanol–water partition coefficient (Wildman–Crippen LogP) is 7.69.